The normalized spacial score (nSPS) is 14.5. The van der Waals surface area contributed by atoms with Crippen LogP contribution in [-0.4, -0.2) is 25.4 Å². The molecule has 1 fully saturated rings. The van der Waals surface area contributed by atoms with Crippen LogP contribution in [0.2, 0.25) is 0 Å². The van der Waals surface area contributed by atoms with Gasteiger partial charge in [0.1, 0.15) is 0 Å². The number of H-pyrrole nitrogens is 1. The Bertz CT molecular complexity index is 1100. The first-order valence-electron chi connectivity index (χ1n) is 8.44. The van der Waals surface area contributed by atoms with Crippen molar-refractivity contribution >= 4 is 32.5 Å². The van der Waals surface area contributed by atoms with E-state index in [4.69, 9.17) is 0 Å². The lowest BCUT2D eigenvalue weighted by atomic mass is 10.2. The van der Waals surface area contributed by atoms with Crippen LogP contribution in [0.25, 0.3) is 10.9 Å². The van der Waals surface area contributed by atoms with Gasteiger partial charge in [-0.15, -0.1) is 0 Å². The quantitative estimate of drug-likeness (QED) is 0.645. The van der Waals surface area contributed by atoms with Crippen molar-refractivity contribution < 1.29 is 13.2 Å². The van der Waals surface area contributed by atoms with E-state index in [-0.39, 0.29) is 16.8 Å². The highest BCUT2D eigenvalue weighted by Gasteiger charge is 2.28. The van der Waals surface area contributed by atoms with Gasteiger partial charge >= 0.3 is 0 Å². The molecule has 1 aromatic heterocycles. The van der Waals surface area contributed by atoms with E-state index in [1.807, 2.05) is 31.2 Å². The molecule has 0 atom stereocenters. The predicted octanol–water partition coefficient (Wildman–Crippen LogP) is 3.17. The lowest BCUT2D eigenvalue weighted by Gasteiger charge is -2.09. The van der Waals surface area contributed by atoms with Crippen LogP contribution in [0, 0.1) is 6.92 Å². The molecule has 6 nitrogen and oxygen atoms in total. The Morgan fingerprint density at radius 1 is 1.12 bits per heavy atom. The summed E-state index contributed by atoms with van der Waals surface area (Å²) < 4.78 is 27.3. The first kappa shape index (κ1) is 16.8. The van der Waals surface area contributed by atoms with E-state index in [2.05, 4.69) is 15.0 Å². The number of anilines is 1. The maximum Gasteiger partial charge on any atom is 0.255 e. The minimum absolute atomic E-state index is 0.0222. The third kappa shape index (κ3) is 3.49. The molecule has 1 heterocycles. The zero-order valence-electron chi connectivity index (χ0n) is 14.2. The van der Waals surface area contributed by atoms with Crippen LogP contribution >= 0.6 is 0 Å². The summed E-state index contributed by atoms with van der Waals surface area (Å²) in [7, 11) is -3.59. The molecule has 0 spiro atoms. The summed E-state index contributed by atoms with van der Waals surface area (Å²) in [6.07, 6.45) is 1.72. The number of carbonyl (C=O) groups excluding carboxylic acids is 1. The van der Waals surface area contributed by atoms with Crippen molar-refractivity contribution in [2.75, 3.05) is 5.32 Å². The fourth-order valence-electron chi connectivity index (χ4n) is 2.85. The smallest absolute Gasteiger partial charge is 0.255 e. The van der Waals surface area contributed by atoms with Gasteiger partial charge in [0, 0.05) is 33.9 Å². The van der Waals surface area contributed by atoms with Gasteiger partial charge < -0.3 is 10.3 Å². The Kier molecular flexibility index (Phi) is 4.05. The summed E-state index contributed by atoms with van der Waals surface area (Å²) >= 11 is 0. The summed E-state index contributed by atoms with van der Waals surface area (Å²) in [5, 5.41) is 3.83. The van der Waals surface area contributed by atoms with E-state index in [1.54, 1.807) is 12.1 Å². The van der Waals surface area contributed by atoms with E-state index in [1.165, 1.54) is 12.1 Å². The molecule has 1 aliphatic rings. The summed E-state index contributed by atoms with van der Waals surface area (Å²) in [4.78, 5) is 15.9. The fourth-order valence-corrected chi connectivity index (χ4v) is 4.20. The molecule has 3 aromatic rings. The van der Waals surface area contributed by atoms with Gasteiger partial charge in [0.25, 0.3) is 5.91 Å². The van der Waals surface area contributed by atoms with Gasteiger partial charge in [-0.2, -0.15) is 0 Å². The highest BCUT2D eigenvalue weighted by atomic mass is 32.2. The molecule has 0 bridgehead atoms. The zero-order valence-corrected chi connectivity index (χ0v) is 15.1. The molecule has 26 heavy (non-hydrogen) atoms. The number of fused-ring (bicyclic) bond motifs is 1. The lowest BCUT2D eigenvalue weighted by Crippen LogP contribution is -2.26. The highest BCUT2D eigenvalue weighted by Crippen LogP contribution is 2.23. The van der Waals surface area contributed by atoms with Crippen LogP contribution in [-0.2, 0) is 10.0 Å². The van der Waals surface area contributed by atoms with E-state index >= 15 is 0 Å². The standard InChI is InChI=1S/C19H19N3O3S/c1-12-9-14-10-16(7-8-18(14)20-12)21-19(23)13-3-2-4-17(11-13)26(24,25)22-15-5-6-15/h2-4,7-11,15,20,22H,5-6H2,1H3,(H,21,23). The van der Waals surface area contributed by atoms with Crippen molar-refractivity contribution in [3.63, 3.8) is 0 Å². The van der Waals surface area contributed by atoms with Crippen molar-refractivity contribution in [3.05, 3.63) is 59.8 Å². The van der Waals surface area contributed by atoms with Crippen LogP contribution in [0.15, 0.2) is 53.4 Å². The minimum Gasteiger partial charge on any atom is -0.359 e. The van der Waals surface area contributed by atoms with Crippen LogP contribution < -0.4 is 10.0 Å². The molecule has 1 amide bonds. The average Bonchev–Trinajstić information content (AvgIpc) is 3.32. The minimum atomic E-state index is -3.59. The van der Waals surface area contributed by atoms with Gasteiger partial charge in [0.2, 0.25) is 10.0 Å². The summed E-state index contributed by atoms with van der Waals surface area (Å²) in [6.45, 7) is 1.97. The Morgan fingerprint density at radius 2 is 1.92 bits per heavy atom. The number of amides is 1. The number of aromatic amines is 1. The van der Waals surface area contributed by atoms with Crippen LogP contribution in [0.3, 0.4) is 0 Å². The average molecular weight is 369 g/mol. The molecular formula is C19H19N3O3S. The number of aromatic nitrogens is 1. The maximum atomic E-state index is 12.5. The lowest BCUT2D eigenvalue weighted by molar-refractivity contribution is 0.102. The second-order valence-electron chi connectivity index (χ2n) is 6.63. The third-order valence-electron chi connectivity index (χ3n) is 4.32. The number of nitrogens with one attached hydrogen (secondary N) is 3. The van der Waals surface area contributed by atoms with Gasteiger partial charge in [-0.1, -0.05) is 6.07 Å². The van der Waals surface area contributed by atoms with E-state index < -0.39 is 10.0 Å². The number of hydrogen-bond acceptors (Lipinski definition) is 3. The largest absolute Gasteiger partial charge is 0.359 e. The van der Waals surface area contributed by atoms with Crippen LogP contribution in [0.5, 0.6) is 0 Å². The second-order valence-corrected chi connectivity index (χ2v) is 8.35. The molecule has 0 saturated heterocycles. The molecule has 0 aliphatic heterocycles. The maximum absolute atomic E-state index is 12.5. The summed E-state index contributed by atoms with van der Waals surface area (Å²) in [6, 6.07) is 13.7. The molecule has 1 saturated carbocycles. The number of hydrogen-bond donors (Lipinski definition) is 3. The molecular weight excluding hydrogens is 350 g/mol. The molecule has 4 rings (SSSR count). The number of aryl methyl sites for hydroxylation is 1. The predicted molar refractivity (Wildman–Crippen MR) is 101 cm³/mol. The number of sulfonamides is 1. The van der Waals surface area contributed by atoms with Gasteiger partial charge in [-0.3, -0.25) is 4.79 Å². The highest BCUT2D eigenvalue weighted by molar-refractivity contribution is 7.89. The van der Waals surface area contributed by atoms with E-state index in [0.717, 1.165) is 29.4 Å². The molecule has 3 N–H and O–H groups in total. The van der Waals surface area contributed by atoms with Crippen LogP contribution in [0.1, 0.15) is 28.9 Å². The van der Waals surface area contributed by atoms with Gasteiger partial charge in [0.05, 0.1) is 4.90 Å². The van der Waals surface area contributed by atoms with E-state index in [9.17, 15) is 13.2 Å². The molecule has 2 aromatic carbocycles. The molecule has 134 valence electrons. The first-order chi connectivity index (χ1) is 12.4. The monoisotopic (exact) mass is 369 g/mol. The Balaban J connectivity index is 1.56. The second kappa shape index (κ2) is 6.26. The Morgan fingerprint density at radius 3 is 2.69 bits per heavy atom. The van der Waals surface area contributed by atoms with Crippen molar-refractivity contribution in [3.8, 4) is 0 Å². The SMILES string of the molecule is Cc1cc2cc(NC(=O)c3cccc(S(=O)(=O)NC4CC4)c3)ccc2[nH]1. The molecule has 0 unspecified atom stereocenters. The number of rotatable bonds is 5. The molecule has 0 radical (unpaired) electrons. The number of benzene rings is 2. The zero-order chi connectivity index (χ0) is 18.3. The summed E-state index contributed by atoms with van der Waals surface area (Å²) in [5.41, 5.74) is 3.00. The van der Waals surface area contributed by atoms with Gasteiger partial charge in [-0.25, -0.2) is 13.1 Å². The topological polar surface area (TPSA) is 91.1 Å². The van der Waals surface area contributed by atoms with Gasteiger partial charge in [-0.05, 0) is 62.2 Å². The van der Waals surface area contributed by atoms with Crippen molar-refractivity contribution in [2.45, 2.75) is 30.7 Å². The van der Waals surface area contributed by atoms with Crippen molar-refractivity contribution in [1.29, 1.82) is 0 Å². The van der Waals surface area contributed by atoms with Crippen LogP contribution in [0.4, 0.5) is 5.69 Å². The van der Waals surface area contributed by atoms with Crippen molar-refractivity contribution in [2.24, 2.45) is 0 Å². The Labute approximate surface area is 151 Å². The molecule has 7 heteroatoms. The van der Waals surface area contributed by atoms with E-state index in [0.29, 0.717) is 11.3 Å². The Hall–Kier alpha value is -2.64. The summed E-state index contributed by atoms with van der Waals surface area (Å²) in [5.74, 6) is -0.347. The number of carbonyl (C=O) groups is 1. The fraction of sp³-hybridized carbons (Fsp3) is 0.211. The first-order valence-corrected chi connectivity index (χ1v) is 9.92. The van der Waals surface area contributed by atoms with Gasteiger partial charge in [0.15, 0.2) is 0 Å². The molecule has 1 aliphatic carbocycles. The third-order valence-corrected chi connectivity index (χ3v) is 5.84. The van der Waals surface area contributed by atoms with Crippen molar-refractivity contribution in [1.82, 2.24) is 9.71 Å².